The first-order chi connectivity index (χ1) is 9.48. The minimum absolute atomic E-state index is 0.107. The Balaban J connectivity index is 1.90. The van der Waals surface area contributed by atoms with Crippen molar-refractivity contribution in [1.29, 1.82) is 0 Å². The van der Waals surface area contributed by atoms with Gasteiger partial charge in [0.2, 0.25) is 10.0 Å². The lowest BCUT2D eigenvalue weighted by Crippen LogP contribution is -2.43. The van der Waals surface area contributed by atoms with Gasteiger partial charge in [-0.1, -0.05) is 23.2 Å². The van der Waals surface area contributed by atoms with Gasteiger partial charge in [0.25, 0.3) is 0 Å². The van der Waals surface area contributed by atoms with Gasteiger partial charge >= 0.3 is 0 Å². The standard InChI is InChI=1S/C13H16Cl2N2O2S/c14-11-1-2-12(15)13(5-11)20(18,19)17-4-3-9-6-16-7-10(9)8-17/h1-2,5,9-10,16H,3-4,6-8H2. The van der Waals surface area contributed by atoms with Crippen molar-refractivity contribution in [2.45, 2.75) is 11.3 Å². The van der Waals surface area contributed by atoms with Gasteiger partial charge in [-0.3, -0.25) is 0 Å². The lowest BCUT2D eigenvalue weighted by molar-refractivity contribution is 0.228. The average Bonchev–Trinajstić information content (AvgIpc) is 2.88. The average molecular weight is 335 g/mol. The van der Waals surface area contributed by atoms with Crippen molar-refractivity contribution in [2.24, 2.45) is 11.8 Å². The Morgan fingerprint density at radius 1 is 1.20 bits per heavy atom. The number of rotatable bonds is 2. The summed E-state index contributed by atoms with van der Waals surface area (Å²) in [6.07, 6.45) is 0.898. The minimum Gasteiger partial charge on any atom is -0.316 e. The molecular formula is C13H16Cl2N2O2S. The van der Waals surface area contributed by atoms with Crippen molar-refractivity contribution in [3.63, 3.8) is 0 Å². The summed E-state index contributed by atoms with van der Waals surface area (Å²) < 4.78 is 27.0. The van der Waals surface area contributed by atoms with Gasteiger partial charge in [-0.25, -0.2) is 8.42 Å². The van der Waals surface area contributed by atoms with Crippen LogP contribution in [0.4, 0.5) is 0 Å². The number of benzene rings is 1. The van der Waals surface area contributed by atoms with E-state index in [9.17, 15) is 8.42 Å². The molecule has 4 nitrogen and oxygen atoms in total. The molecule has 3 rings (SSSR count). The number of piperidine rings is 1. The molecular weight excluding hydrogens is 319 g/mol. The van der Waals surface area contributed by atoms with Crippen molar-refractivity contribution in [3.8, 4) is 0 Å². The van der Waals surface area contributed by atoms with E-state index in [1.165, 1.54) is 12.1 Å². The molecule has 20 heavy (non-hydrogen) atoms. The number of fused-ring (bicyclic) bond motifs is 1. The minimum atomic E-state index is -3.56. The Labute approximate surface area is 129 Å². The van der Waals surface area contributed by atoms with Gasteiger partial charge in [-0.2, -0.15) is 4.31 Å². The predicted octanol–water partition coefficient (Wildman–Crippen LogP) is 2.22. The fourth-order valence-electron chi connectivity index (χ4n) is 3.03. The molecule has 7 heteroatoms. The highest BCUT2D eigenvalue weighted by atomic mass is 35.5. The Kier molecular flexibility index (Phi) is 3.99. The van der Waals surface area contributed by atoms with Crippen molar-refractivity contribution >= 4 is 33.2 Å². The number of nitrogens with zero attached hydrogens (tertiary/aromatic N) is 1. The number of halogens is 2. The Hall–Kier alpha value is -0.330. The third kappa shape index (κ3) is 2.57. The van der Waals surface area contributed by atoms with Gasteiger partial charge in [0, 0.05) is 18.1 Å². The van der Waals surface area contributed by atoms with Crippen molar-refractivity contribution in [1.82, 2.24) is 9.62 Å². The van der Waals surface area contributed by atoms with E-state index in [-0.39, 0.29) is 9.92 Å². The maximum absolute atomic E-state index is 12.7. The Morgan fingerprint density at radius 3 is 2.75 bits per heavy atom. The quantitative estimate of drug-likeness (QED) is 0.902. The molecule has 1 N–H and O–H groups in total. The van der Waals surface area contributed by atoms with E-state index in [4.69, 9.17) is 23.2 Å². The summed E-state index contributed by atoms with van der Waals surface area (Å²) in [5.74, 6) is 0.993. The van der Waals surface area contributed by atoms with E-state index in [1.54, 1.807) is 10.4 Å². The topological polar surface area (TPSA) is 49.4 Å². The molecule has 2 aliphatic rings. The van der Waals surface area contributed by atoms with Crippen LogP contribution in [0.2, 0.25) is 10.0 Å². The molecule has 1 aromatic rings. The van der Waals surface area contributed by atoms with Gasteiger partial charge in [0.1, 0.15) is 4.90 Å². The van der Waals surface area contributed by atoms with Crippen molar-refractivity contribution in [3.05, 3.63) is 28.2 Å². The monoisotopic (exact) mass is 334 g/mol. The molecule has 2 unspecified atom stereocenters. The van der Waals surface area contributed by atoms with Gasteiger partial charge in [0.05, 0.1) is 5.02 Å². The maximum atomic E-state index is 12.7. The zero-order chi connectivity index (χ0) is 14.3. The van der Waals surface area contributed by atoms with Crippen molar-refractivity contribution in [2.75, 3.05) is 26.2 Å². The van der Waals surface area contributed by atoms with Crippen LogP contribution in [-0.2, 0) is 10.0 Å². The number of sulfonamides is 1. The molecule has 1 aromatic carbocycles. The highest BCUT2D eigenvalue weighted by Crippen LogP contribution is 2.33. The normalized spacial score (nSPS) is 27.5. The summed E-state index contributed by atoms with van der Waals surface area (Å²) in [6.45, 7) is 2.99. The first-order valence-electron chi connectivity index (χ1n) is 6.64. The van der Waals surface area contributed by atoms with Crippen LogP contribution in [-0.4, -0.2) is 38.9 Å². The second kappa shape index (κ2) is 5.46. The molecule has 110 valence electrons. The molecule has 0 aliphatic carbocycles. The molecule has 2 heterocycles. The summed E-state index contributed by atoms with van der Waals surface area (Å²) >= 11 is 11.9. The van der Waals surface area contributed by atoms with Crippen molar-refractivity contribution < 1.29 is 8.42 Å². The molecule has 2 aliphatic heterocycles. The highest BCUT2D eigenvalue weighted by Gasteiger charge is 2.38. The van der Waals surface area contributed by atoms with E-state index < -0.39 is 10.0 Å². The molecule has 2 atom stereocenters. The van der Waals surface area contributed by atoms with E-state index in [1.807, 2.05) is 0 Å². The van der Waals surface area contributed by atoms with Crippen LogP contribution in [0.5, 0.6) is 0 Å². The van der Waals surface area contributed by atoms with Crippen LogP contribution in [0.1, 0.15) is 6.42 Å². The van der Waals surface area contributed by atoms with E-state index in [2.05, 4.69) is 5.32 Å². The van der Waals surface area contributed by atoms with Gasteiger partial charge in [-0.05, 0) is 49.5 Å². The zero-order valence-corrected chi connectivity index (χ0v) is 13.2. The lowest BCUT2D eigenvalue weighted by atomic mass is 9.90. The number of nitrogens with one attached hydrogen (secondary N) is 1. The maximum Gasteiger partial charge on any atom is 0.244 e. The SMILES string of the molecule is O=S(=O)(c1cc(Cl)ccc1Cl)N1CCC2CNCC2C1. The fraction of sp³-hybridized carbons (Fsp3) is 0.538. The van der Waals surface area contributed by atoms with E-state index in [0.29, 0.717) is 29.9 Å². The van der Waals surface area contributed by atoms with Crippen LogP contribution in [0.3, 0.4) is 0 Å². The predicted molar refractivity (Wildman–Crippen MR) is 79.7 cm³/mol. The van der Waals surface area contributed by atoms with Gasteiger partial charge in [-0.15, -0.1) is 0 Å². The molecule has 0 radical (unpaired) electrons. The molecule has 0 amide bonds. The van der Waals surface area contributed by atoms with Crippen LogP contribution in [0.25, 0.3) is 0 Å². The first kappa shape index (κ1) is 14.6. The van der Waals surface area contributed by atoms with Gasteiger partial charge < -0.3 is 5.32 Å². The summed E-state index contributed by atoms with van der Waals surface area (Å²) in [6, 6.07) is 4.55. The Bertz CT molecular complexity index is 621. The number of hydrogen-bond donors (Lipinski definition) is 1. The molecule has 2 fully saturated rings. The van der Waals surface area contributed by atoms with E-state index >= 15 is 0 Å². The second-order valence-electron chi connectivity index (χ2n) is 5.40. The van der Waals surface area contributed by atoms with Gasteiger partial charge in [0.15, 0.2) is 0 Å². The Morgan fingerprint density at radius 2 is 1.95 bits per heavy atom. The summed E-state index contributed by atoms with van der Waals surface area (Å²) in [4.78, 5) is 0.107. The van der Waals surface area contributed by atoms with Crippen LogP contribution in [0.15, 0.2) is 23.1 Å². The molecule has 0 bridgehead atoms. The zero-order valence-electron chi connectivity index (χ0n) is 10.9. The van der Waals surface area contributed by atoms with E-state index in [0.717, 1.165) is 19.5 Å². The largest absolute Gasteiger partial charge is 0.316 e. The summed E-state index contributed by atoms with van der Waals surface area (Å²) in [5, 5.41) is 3.93. The second-order valence-corrected chi connectivity index (χ2v) is 8.15. The van der Waals surface area contributed by atoms with Crippen LogP contribution in [0, 0.1) is 11.8 Å². The van der Waals surface area contributed by atoms with Crippen LogP contribution < -0.4 is 5.32 Å². The fourth-order valence-corrected chi connectivity index (χ4v) is 5.28. The first-order valence-corrected chi connectivity index (χ1v) is 8.84. The summed E-state index contributed by atoms with van der Waals surface area (Å²) in [5.41, 5.74) is 0. The number of hydrogen-bond acceptors (Lipinski definition) is 3. The smallest absolute Gasteiger partial charge is 0.244 e. The molecule has 2 saturated heterocycles. The third-order valence-corrected chi connectivity index (χ3v) is 6.76. The highest BCUT2D eigenvalue weighted by molar-refractivity contribution is 7.89. The molecule has 0 aromatic heterocycles. The molecule has 0 saturated carbocycles. The third-order valence-electron chi connectivity index (χ3n) is 4.18. The van der Waals surface area contributed by atoms with Crippen LogP contribution >= 0.6 is 23.2 Å². The molecule has 0 spiro atoms. The lowest BCUT2D eigenvalue weighted by Gasteiger charge is -2.33. The summed E-state index contributed by atoms with van der Waals surface area (Å²) in [7, 11) is -3.56.